The molecule has 0 unspecified atom stereocenters. The first-order valence-electron chi connectivity index (χ1n) is 5.43. The molecular formula is C12H16N4. The minimum atomic E-state index is 0.485. The first-order chi connectivity index (χ1) is 7.69. The molecule has 1 aromatic heterocycles. The van der Waals surface area contributed by atoms with Crippen LogP contribution >= 0.6 is 0 Å². The highest BCUT2D eigenvalue weighted by Gasteiger charge is 2.05. The summed E-state index contributed by atoms with van der Waals surface area (Å²) in [4.78, 5) is 4.18. The lowest BCUT2D eigenvalue weighted by Gasteiger charge is -2.03. The van der Waals surface area contributed by atoms with Crippen molar-refractivity contribution in [3.8, 4) is 0 Å². The van der Waals surface area contributed by atoms with E-state index in [1.54, 1.807) is 4.68 Å². The van der Waals surface area contributed by atoms with E-state index >= 15 is 0 Å². The lowest BCUT2D eigenvalue weighted by molar-refractivity contribution is 0.682. The zero-order chi connectivity index (χ0) is 11.5. The Labute approximate surface area is 95.1 Å². The van der Waals surface area contributed by atoms with Gasteiger partial charge >= 0.3 is 0 Å². The molecule has 1 heterocycles. The van der Waals surface area contributed by atoms with Crippen molar-refractivity contribution < 1.29 is 0 Å². The highest BCUT2D eigenvalue weighted by molar-refractivity contribution is 5.24. The summed E-state index contributed by atoms with van der Waals surface area (Å²) in [6, 6.07) is 8.32. The molecule has 2 aromatic rings. The molecule has 0 spiro atoms. The van der Waals surface area contributed by atoms with Gasteiger partial charge in [0, 0.05) is 6.42 Å². The number of aryl methyl sites for hydroxylation is 2. The summed E-state index contributed by atoms with van der Waals surface area (Å²) in [5.74, 6) is 1.28. The zero-order valence-corrected chi connectivity index (χ0v) is 9.64. The third-order valence-corrected chi connectivity index (χ3v) is 2.48. The van der Waals surface area contributed by atoms with Crippen LogP contribution in [-0.4, -0.2) is 14.8 Å². The SMILES string of the molecule is CCc1nc(N)n(Cc2cccc(C)c2)n1. The number of hydrogen-bond acceptors (Lipinski definition) is 3. The van der Waals surface area contributed by atoms with Gasteiger partial charge in [0.1, 0.15) is 0 Å². The second-order valence-corrected chi connectivity index (χ2v) is 3.89. The Kier molecular flexibility index (Phi) is 2.90. The topological polar surface area (TPSA) is 56.7 Å². The summed E-state index contributed by atoms with van der Waals surface area (Å²) in [6.45, 7) is 4.78. The molecule has 0 saturated heterocycles. The van der Waals surface area contributed by atoms with Gasteiger partial charge in [-0.05, 0) is 12.5 Å². The molecule has 0 bridgehead atoms. The van der Waals surface area contributed by atoms with E-state index in [1.165, 1.54) is 11.1 Å². The Bertz CT molecular complexity index is 488. The number of hydrogen-bond donors (Lipinski definition) is 1. The Hall–Kier alpha value is -1.84. The number of nitrogens with two attached hydrogens (primary N) is 1. The van der Waals surface area contributed by atoms with Crippen molar-refractivity contribution in [2.24, 2.45) is 0 Å². The predicted molar refractivity (Wildman–Crippen MR) is 64.1 cm³/mol. The summed E-state index contributed by atoms with van der Waals surface area (Å²) in [5.41, 5.74) is 8.23. The molecule has 0 atom stereocenters. The van der Waals surface area contributed by atoms with Gasteiger partial charge in [-0.25, -0.2) is 4.68 Å². The fourth-order valence-corrected chi connectivity index (χ4v) is 1.65. The van der Waals surface area contributed by atoms with Crippen molar-refractivity contribution >= 4 is 5.95 Å². The van der Waals surface area contributed by atoms with E-state index in [-0.39, 0.29) is 0 Å². The molecule has 2 rings (SSSR count). The van der Waals surface area contributed by atoms with Gasteiger partial charge in [-0.1, -0.05) is 36.8 Å². The first-order valence-corrected chi connectivity index (χ1v) is 5.43. The first kappa shape index (κ1) is 10.7. The van der Waals surface area contributed by atoms with Crippen LogP contribution < -0.4 is 5.73 Å². The summed E-state index contributed by atoms with van der Waals surface area (Å²) in [7, 11) is 0. The van der Waals surface area contributed by atoms with Crippen LogP contribution in [0, 0.1) is 6.92 Å². The average molecular weight is 216 g/mol. The smallest absolute Gasteiger partial charge is 0.219 e. The molecule has 16 heavy (non-hydrogen) atoms. The van der Waals surface area contributed by atoms with Crippen molar-refractivity contribution in [2.75, 3.05) is 5.73 Å². The molecule has 0 aliphatic carbocycles. The number of anilines is 1. The van der Waals surface area contributed by atoms with Gasteiger partial charge in [0.2, 0.25) is 5.95 Å². The number of benzene rings is 1. The van der Waals surface area contributed by atoms with Gasteiger partial charge < -0.3 is 5.73 Å². The minimum Gasteiger partial charge on any atom is -0.368 e. The molecule has 0 fully saturated rings. The van der Waals surface area contributed by atoms with Crippen molar-refractivity contribution in [3.63, 3.8) is 0 Å². The summed E-state index contributed by atoms with van der Waals surface area (Å²) in [6.07, 6.45) is 0.811. The fraction of sp³-hybridized carbons (Fsp3) is 0.333. The second kappa shape index (κ2) is 4.35. The van der Waals surface area contributed by atoms with E-state index < -0.39 is 0 Å². The average Bonchev–Trinajstić information content (AvgIpc) is 2.60. The maximum atomic E-state index is 5.79. The van der Waals surface area contributed by atoms with Crippen LogP contribution in [-0.2, 0) is 13.0 Å². The van der Waals surface area contributed by atoms with Crippen molar-refractivity contribution in [2.45, 2.75) is 26.8 Å². The lowest BCUT2D eigenvalue weighted by Crippen LogP contribution is -2.06. The number of rotatable bonds is 3. The fourth-order valence-electron chi connectivity index (χ4n) is 1.65. The van der Waals surface area contributed by atoms with E-state index in [9.17, 15) is 0 Å². The van der Waals surface area contributed by atoms with Crippen LogP contribution in [0.1, 0.15) is 23.9 Å². The summed E-state index contributed by atoms with van der Waals surface area (Å²) in [5, 5.41) is 4.33. The Balaban J connectivity index is 2.23. The quantitative estimate of drug-likeness (QED) is 0.850. The summed E-state index contributed by atoms with van der Waals surface area (Å²) >= 11 is 0. The van der Waals surface area contributed by atoms with E-state index in [0.29, 0.717) is 12.5 Å². The number of nitrogen functional groups attached to an aromatic ring is 1. The van der Waals surface area contributed by atoms with Crippen molar-refractivity contribution in [1.29, 1.82) is 0 Å². The van der Waals surface area contributed by atoms with E-state index in [0.717, 1.165) is 12.2 Å². The third-order valence-electron chi connectivity index (χ3n) is 2.48. The number of aromatic nitrogens is 3. The molecule has 0 saturated carbocycles. The van der Waals surface area contributed by atoms with Gasteiger partial charge in [-0.3, -0.25) is 0 Å². The van der Waals surface area contributed by atoms with Crippen LogP contribution in [0.15, 0.2) is 24.3 Å². The van der Waals surface area contributed by atoms with Crippen LogP contribution in [0.2, 0.25) is 0 Å². The second-order valence-electron chi connectivity index (χ2n) is 3.89. The van der Waals surface area contributed by atoms with E-state index in [2.05, 4.69) is 35.2 Å². The Morgan fingerprint density at radius 3 is 2.81 bits per heavy atom. The van der Waals surface area contributed by atoms with Crippen molar-refractivity contribution in [3.05, 3.63) is 41.2 Å². The molecule has 4 heteroatoms. The predicted octanol–water partition coefficient (Wildman–Crippen LogP) is 1.78. The van der Waals surface area contributed by atoms with E-state index in [1.807, 2.05) is 13.0 Å². The summed E-state index contributed by atoms with van der Waals surface area (Å²) < 4.78 is 1.74. The van der Waals surface area contributed by atoms with Gasteiger partial charge in [-0.15, -0.1) is 0 Å². The molecule has 0 aliphatic rings. The minimum absolute atomic E-state index is 0.485. The van der Waals surface area contributed by atoms with Crippen molar-refractivity contribution in [1.82, 2.24) is 14.8 Å². The highest BCUT2D eigenvalue weighted by atomic mass is 15.4. The number of nitrogens with zero attached hydrogens (tertiary/aromatic N) is 3. The highest BCUT2D eigenvalue weighted by Crippen LogP contribution is 2.08. The van der Waals surface area contributed by atoms with Gasteiger partial charge in [0.25, 0.3) is 0 Å². The van der Waals surface area contributed by atoms with Crippen LogP contribution in [0.5, 0.6) is 0 Å². The Morgan fingerprint density at radius 1 is 1.38 bits per heavy atom. The maximum Gasteiger partial charge on any atom is 0.219 e. The molecule has 1 aromatic carbocycles. The molecular weight excluding hydrogens is 200 g/mol. The van der Waals surface area contributed by atoms with Gasteiger partial charge in [0.05, 0.1) is 6.54 Å². The monoisotopic (exact) mass is 216 g/mol. The Morgan fingerprint density at radius 2 is 2.19 bits per heavy atom. The largest absolute Gasteiger partial charge is 0.368 e. The lowest BCUT2D eigenvalue weighted by atomic mass is 10.1. The van der Waals surface area contributed by atoms with Crippen LogP contribution in [0.3, 0.4) is 0 Å². The normalized spacial score (nSPS) is 10.6. The molecule has 0 aliphatic heterocycles. The van der Waals surface area contributed by atoms with Gasteiger partial charge in [0.15, 0.2) is 5.82 Å². The molecule has 0 radical (unpaired) electrons. The zero-order valence-electron chi connectivity index (χ0n) is 9.64. The molecule has 84 valence electrons. The molecule has 0 amide bonds. The van der Waals surface area contributed by atoms with Crippen LogP contribution in [0.25, 0.3) is 0 Å². The molecule has 4 nitrogen and oxygen atoms in total. The standard InChI is InChI=1S/C12H16N4/c1-3-11-14-12(13)16(15-11)8-10-6-4-5-9(2)7-10/h4-7H,3,8H2,1-2H3,(H2,13,14,15). The maximum absolute atomic E-state index is 5.79. The van der Waals surface area contributed by atoms with Crippen LogP contribution in [0.4, 0.5) is 5.95 Å². The third kappa shape index (κ3) is 2.21. The molecule has 2 N–H and O–H groups in total. The van der Waals surface area contributed by atoms with E-state index in [4.69, 9.17) is 5.73 Å². The van der Waals surface area contributed by atoms with Gasteiger partial charge in [-0.2, -0.15) is 10.1 Å².